The van der Waals surface area contributed by atoms with Crippen LogP contribution in [0.5, 0.6) is 0 Å². The molecule has 18 heavy (non-hydrogen) atoms. The first kappa shape index (κ1) is 10.4. The molecule has 1 nitrogen and oxygen atoms in total. The number of para-hydroxylation sites is 1. The molecule has 0 amide bonds. The summed E-state index contributed by atoms with van der Waals surface area (Å²) < 4.78 is 3.59. The molecule has 2 heteroatoms. The molecule has 0 N–H and O–H groups in total. The van der Waals surface area contributed by atoms with Crippen LogP contribution in [-0.4, -0.2) is 4.57 Å². The second-order valence-corrected chi connectivity index (χ2v) is 5.71. The first-order valence-corrected chi connectivity index (χ1v) is 6.99. The fourth-order valence-corrected chi connectivity index (χ4v) is 3.27. The Labute approximate surface area is 114 Å². The molecule has 0 spiro atoms. The summed E-state index contributed by atoms with van der Waals surface area (Å²) in [4.78, 5) is 0. The van der Waals surface area contributed by atoms with Gasteiger partial charge in [-0.3, -0.25) is 0 Å². The Morgan fingerprint density at radius 2 is 1.89 bits per heavy atom. The fourth-order valence-electron chi connectivity index (χ4n) is 2.91. The van der Waals surface area contributed by atoms with Crippen molar-refractivity contribution in [2.75, 3.05) is 0 Å². The first-order chi connectivity index (χ1) is 8.83. The van der Waals surface area contributed by atoms with Crippen LogP contribution >= 0.6 is 15.9 Å². The molecule has 3 aromatic rings. The van der Waals surface area contributed by atoms with Gasteiger partial charge in [0.05, 0.1) is 0 Å². The van der Waals surface area contributed by atoms with Gasteiger partial charge in [0.15, 0.2) is 0 Å². The number of fused-ring (bicyclic) bond motifs is 5. The fraction of sp³-hybridized carbons (Fsp3) is 0.125. The summed E-state index contributed by atoms with van der Waals surface area (Å²) in [5.74, 6) is 0. The van der Waals surface area contributed by atoms with Gasteiger partial charge in [0.2, 0.25) is 0 Å². The number of rotatable bonds is 0. The van der Waals surface area contributed by atoms with E-state index in [1.165, 1.54) is 27.7 Å². The van der Waals surface area contributed by atoms with Gasteiger partial charge in [-0.1, -0.05) is 40.2 Å². The van der Waals surface area contributed by atoms with Gasteiger partial charge in [-0.2, -0.15) is 0 Å². The summed E-state index contributed by atoms with van der Waals surface area (Å²) in [7, 11) is 0. The van der Waals surface area contributed by atoms with Crippen LogP contribution in [-0.2, 0) is 13.0 Å². The molecular weight excluding hydrogens is 286 g/mol. The van der Waals surface area contributed by atoms with Crippen molar-refractivity contribution in [3.8, 4) is 11.3 Å². The predicted octanol–water partition coefficient (Wildman–Crippen LogP) is 4.63. The molecular formula is C16H12BrN. The number of aromatic nitrogens is 1. The quantitative estimate of drug-likeness (QED) is 0.570. The summed E-state index contributed by atoms with van der Waals surface area (Å²) >= 11 is 3.58. The van der Waals surface area contributed by atoms with E-state index < -0.39 is 0 Å². The topological polar surface area (TPSA) is 4.93 Å². The molecule has 0 radical (unpaired) electrons. The molecule has 0 saturated heterocycles. The molecule has 2 aromatic carbocycles. The van der Waals surface area contributed by atoms with E-state index in [0.717, 1.165) is 17.4 Å². The lowest BCUT2D eigenvalue weighted by Gasteiger charge is -2.20. The zero-order valence-corrected chi connectivity index (χ0v) is 11.4. The number of hydrogen-bond donors (Lipinski definition) is 0. The van der Waals surface area contributed by atoms with Gasteiger partial charge in [-0.05, 0) is 36.2 Å². The van der Waals surface area contributed by atoms with Crippen molar-refractivity contribution in [1.29, 1.82) is 0 Å². The SMILES string of the molecule is Brc1ccc2c(c1)-c1cc3ccccc3n1CC2. The van der Waals surface area contributed by atoms with Crippen molar-refractivity contribution in [3.63, 3.8) is 0 Å². The van der Waals surface area contributed by atoms with Crippen LogP contribution in [0, 0.1) is 0 Å². The summed E-state index contributed by atoms with van der Waals surface area (Å²) in [5, 5.41) is 1.33. The molecule has 1 aliphatic heterocycles. The number of halogens is 1. The van der Waals surface area contributed by atoms with Crippen LogP contribution in [0.25, 0.3) is 22.2 Å². The maximum absolute atomic E-state index is 3.58. The van der Waals surface area contributed by atoms with Crippen molar-refractivity contribution in [3.05, 3.63) is 58.6 Å². The van der Waals surface area contributed by atoms with E-state index in [9.17, 15) is 0 Å². The molecule has 0 fully saturated rings. The molecule has 0 atom stereocenters. The van der Waals surface area contributed by atoms with E-state index in [1.54, 1.807) is 0 Å². The van der Waals surface area contributed by atoms with Crippen LogP contribution < -0.4 is 0 Å². The highest BCUT2D eigenvalue weighted by atomic mass is 79.9. The second kappa shape index (κ2) is 3.72. The van der Waals surface area contributed by atoms with Crippen LogP contribution in [0.3, 0.4) is 0 Å². The Morgan fingerprint density at radius 1 is 1.00 bits per heavy atom. The molecule has 0 bridgehead atoms. The first-order valence-electron chi connectivity index (χ1n) is 6.20. The smallest absolute Gasteiger partial charge is 0.0494 e. The van der Waals surface area contributed by atoms with E-state index in [2.05, 4.69) is 69.0 Å². The van der Waals surface area contributed by atoms with Crippen LogP contribution in [0.1, 0.15) is 5.56 Å². The van der Waals surface area contributed by atoms with Crippen LogP contribution in [0.4, 0.5) is 0 Å². The summed E-state index contributed by atoms with van der Waals surface area (Å²) in [5.41, 5.74) is 5.51. The minimum Gasteiger partial charge on any atom is -0.340 e. The average Bonchev–Trinajstić information content (AvgIpc) is 2.78. The van der Waals surface area contributed by atoms with Gasteiger partial charge >= 0.3 is 0 Å². The van der Waals surface area contributed by atoms with Crippen molar-refractivity contribution < 1.29 is 0 Å². The molecule has 0 unspecified atom stereocenters. The monoisotopic (exact) mass is 297 g/mol. The molecule has 1 aromatic heterocycles. The van der Waals surface area contributed by atoms with E-state index in [4.69, 9.17) is 0 Å². The summed E-state index contributed by atoms with van der Waals surface area (Å²) in [6.07, 6.45) is 1.12. The minimum absolute atomic E-state index is 1.08. The Balaban J connectivity index is 2.08. The lowest BCUT2D eigenvalue weighted by atomic mass is 9.99. The minimum atomic E-state index is 1.08. The Kier molecular flexibility index (Phi) is 2.15. The van der Waals surface area contributed by atoms with Gasteiger partial charge in [-0.15, -0.1) is 0 Å². The van der Waals surface area contributed by atoms with Crippen LogP contribution in [0.15, 0.2) is 53.0 Å². The largest absolute Gasteiger partial charge is 0.340 e. The molecule has 2 heterocycles. The highest BCUT2D eigenvalue weighted by molar-refractivity contribution is 9.10. The summed E-state index contributed by atoms with van der Waals surface area (Å²) in [6, 6.07) is 17.5. The maximum Gasteiger partial charge on any atom is 0.0494 e. The van der Waals surface area contributed by atoms with Crippen molar-refractivity contribution in [2.24, 2.45) is 0 Å². The second-order valence-electron chi connectivity index (χ2n) is 4.79. The van der Waals surface area contributed by atoms with E-state index in [-0.39, 0.29) is 0 Å². The van der Waals surface area contributed by atoms with Crippen molar-refractivity contribution >= 4 is 26.8 Å². The molecule has 1 aliphatic rings. The van der Waals surface area contributed by atoms with Gasteiger partial charge in [-0.25, -0.2) is 0 Å². The van der Waals surface area contributed by atoms with E-state index in [1.807, 2.05) is 0 Å². The third kappa shape index (κ3) is 1.39. The van der Waals surface area contributed by atoms with Gasteiger partial charge < -0.3 is 4.57 Å². The third-order valence-electron chi connectivity index (χ3n) is 3.76. The Morgan fingerprint density at radius 3 is 2.83 bits per heavy atom. The van der Waals surface area contributed by atoms with Crippen molar-refractivity contribution in [1.82, 2.24) is 4.57 Å². The molecule has 88 valence electrons. The average molecular weight is 298 g/mol. The third-order valence-corrected chi connectivity index (χ3v) is 4.26. The van der Waals surface area contributed by atoms with Crippen molar-refractivity contribution in [2.45, 2.75) is 13.0 Å². The standard InChI is InChI=1S/C16H12BrN/c17-13-6-5-11-7-8-18-15-4-2-1-3-12(15)9-16(18)14(11)10-13/h1-6,9-10H,7-8H2. The maximum atomic E-state index is 3.58. The molecule has 0 saturated carbocycles. The lowest BCUT2D eigenvalue weighted by Crippen LogP contribution is -2.10. The van der Waals surface area contributed by atoms with Gasteiger partial charge in [0.1, 0.15) is 0 Å². The van der Waals surface area contributed by atoms with Gasteiger partial charge in [0, 0.05) is 33.2 Å². The normalized spacial score (nSPS) is 13.4. The number of hydrogen-bond acceptors (Lipinski definition) is 0. The highest BCUT2D eigenvalue weighted by Gasteiger charge is 2.18. The lowest BCUT2D eigenvalue weighted by molar-refractivity contribution is 0.710. The number of nitrogens with zero attached hydrogens (tertiary/aromatic N) is 1. The van der Waals surface area contributed by atoms with Gasteiger partial charge in [0.25, 0.3) is 0 Å². The highest BCUT2D eigenvalue weighted by Crippen LogP contribution is 2.35. The molecule has 0 aliphatic carbocycles. The zero-order valence-electron chi connectivity index (χ0n) is 9.86. The molecule has 4 rings (SSSR count). The zero-order chi connectivity index (χ0) is 12.1. The van der Waals surface area contributed by atoms with Crippen LogP contribution in [0.2, 0.25) is 0 Å². The number of benzene rings is 2. The van der Waals surface area contributed by atoms with E-state index in [0.29, 0.717) is 0 Å². The van der Waals surface area contributed by atoms with E-state index >= 15 is 0 Å². The Hall–Kier alpha value is -1.54. The summed E-state index contributed by atoms with van der Waals surface area (Å²) in [6.45, 7) is 1.08. The number of aryl methyl sites for hydroxylation is 2. The predicted molar refractivity (Wildman–Crippen MR) is 78.8 cm³/mol. The Bertz CT molecular complexity index is 755.